The lowest BCUT2D eigenvalue weighted by Crippen LogP contribution is -2.44. The van der Waals surface area contributed by atoms with Crippen molar-refractivity contribution in [2.24, 2.45) is 13.0 Å². The Balaban J connectivity index is 1.61. The maximum Gasteiger partial charge on any atom is 0.332 e. The molecule has 1 saturated heterocycles. The minimum Gasteiger partial charge on any atom is -0.379 e. The second-order valence-electron chi connectivity index (χ2n) is 9.43. The monoisotopic (exact) mass is 452 g/mol. The lowest BCUT2D eigenvalue weighted by molar-refractivity contribution is 0.0361. The molecule has 9 nitrogen and oxygen atoms in total. The Labute approximate surface area is 192 Å². The average Bonchev–Trinajstić information content (AvgIpc) is 3.19. The molecule has 0 radical (unpaired) electrons. The van der Waals surface area contributed by atoms with Gasteiger partial charge in [-0.25, -0.2) is 4.79 Å². The molecule has 1 atom stereocenters. The van der Waals surface area contributed by atoms with Crippen LogP contribution in [-0.4, -0.2) is 63.0 Å². The van der Waals surface area contributed by atoms with Crippen LogP contribution in [0.3, 0.4) is 0 Å². The van der Waals surface area contributed by atoms with Gasteiger partial charge in [0.1, 0.15) is 0 Å². The number of aryl methyl sites for hydroxylation is 3. The van der Waals surface area contributed by atoms with Crippen molar-refractivity contribution in [1.82, 2.24) is 23.6 Å². The molecule has 0 N–H and O–H groups in total. The molecule has 33 heavy (non-hydrogen) atoms. The van der Waals surface area contributed by atoms with Gasteiger partial charge in [0, 0.05) is 52.0 Å². The number of hydrogen-bond donors (Lipinski definition) is 0. The molecule has 2 aliphatic rings. The topological polar surface area (TPSA) is 77.5 Å². The number of hydrogen-bond acceptors (Lipinski definition) is 6. The summed E-state index contributed by atoms with van der Waals surface area (Å²) < 4.78 is 10.3. The number of anilines is 2. The number of nitrogens with zero attached hydrogens (tertiary/aromatic N) is 6. The molecule has 0 amide bonds. The van der Waals surface area contributed by atoms with Crippen molar-refractivity contribution in [3.8, 4) is 0 Å². The summed E-state index contributed by atoms with van der Waals surface area (Å²) in [6.45, 7) is 11.9. The summed E-state index contributed by atoms with van der Waals surface area (Å²) in [7, 11) is 1.71. The second-order valence-corrected chi connectivity index (χ2v) is 9.43. The van der Waals surface area contributed by atoms with Gasteiger partial charge in [0.2, 0.25) is 5.95 Å². The standard InChI is InChI=1S/C24H32N6O3/c1-16-14-29(19-6-5-17(2)18(3)13-19)23-25-21-20(30(23)15-16)22(31)28(24(32)26(21)4)8-7-27-9-11-33-12-10-27/h5-6,13,16H,7-12,14-15H2,1-4H3/t16-/m0/s1. The lowest BCUT2D eigenvalue weighted by Gasteiger charge is -2.33. The molecular weight excluding hydrogens is 420 g/mol. The van der Waals surface area contributed by atoms with Crippen molar-refractivity contribution < 1.29 is 4.74 Å². The summed E-state index contributed by atoms with van der Waals surface area (Å²) >= 11 is 0. The largest absolute Gasteiger partial charge is 0.379 e. The van der Waals surface area contributed by atoms with E-state index in [0.29, 0.717) is 49.9 Å². The number of imidazole rings is 1. The van der Waals surface area contributed by atoms with E-state index in [1.807, 2.05) is 4.57 Å². The molecule has 0 spiro atoms. The van der Waals surface area contributed by atoms with Crippen LogP contribution >= 0.6 is 0 Å². The van der Waals surface area contributed by atoms with Crippen molar-refractivity contribution in [2.45, 2.75) is 33.9 Å². The normalized spacial score (nSPS) is 19.3. The van der Waals surface area contributed by atoms with Crippen LogP contribution in [0.4, 0.5) is 11.6 Å². The molecule has 9 heteroatoms. The first-order valence-corrected chi connectivity index (χ1v) is 11.7. The minimum absolute atomic E-state index is 0.255. The van der Waals surface area contributed by atoms with Crippen LogP contribution in [0.1, 0.15) is 18.1 Å². The Bertz CT molecular complexity index is 1310. The Hall–Kier alpha value is -2.91. The number of ether oxygens (including phenoxy) is 1. The molecule has 4 heterocycles. The van der Waals surface area contributed by atoms with Crippen LogP contribution in [0, 0.1) is 19.8 Å². The van der Waals surface area contributed by atoms with Crippen molar-refractivity contribution in [2.75, 3.05) is 44.3 Å². The van der Waals surface area contributed by atoms with Gasteiger partial charge in [-0.1, -0.05) is 13.0 Å². The van der Waals surface area contributed by atoms with Gasteiger partial charge in [0.05, 0.1) is 13.2 Å². The zero-order chi connectivity index (χ0) is 23.3. The van der Waals surface area contributed by atoms with Gasteiger partial charge in [0.15, 0.2) is 11.2 Å². The Morgan fingerprint density at radius 2 is 1.82 bits per heavy atom. The summed E-state index contributed by atoms with van der Waals surface area (Å²) in [6, 6.07) is 6.38. The molecule has 2 aromatic heterocycles. The Kier molecular flexibility index (Phi) is 5.62. The van der Waals surface area contributed by atoms with Crippen LogP contribution < -0.4 is 16.1 Å². The molecule has 3 aromatic rings. The zero-order valence-corrected chi connectivity index (χ0v) is 19.9. The van der Waals surface area contributed by atoms with Crippen LogP contribution in [0.2, 0.25) is 0 Å². The molecule has 0 aliphatic carbocycles. The molecule has 0 saturated carbocycles. The van der Waals surface area contributed by atoms with Gasteiger partial charge in [-0.05, 0) is 43.0 Å². The third-order valence-electron chi connectivity index (χ3n) is 6.99. The highest BCUT2D eigenvalue weighted by molar-refractivity contribution is 5.77. The number of fused-ring (bicyclic) bond motifs is 3. The van der Waals surface area contributed by atoms with Gasteiger partial charge < -0.3 is 14.2 Å². The third kappa shape index (κ3) is 3.79. The minimum atomic E-state index is -0.318. The van der Waals surface area contributed by atoms with E-state index in [2.05, 4.69) is 48.8 Å². The Morgan fingerprint density at radius 1 is 1.06 bits per heavy atom. The molecule has 0 bridgehead atoms. The first-order valence-electron chi connectivity index (χ1n) is 11.7. The van der Waals surface area contributed by atoms with Crippen molar-refractivity contribution in [3.05, 3.63) is 50.2 Å². The molecule has 176 valence electrons. The quantitative estimate of drug-likeness (QED) is 0.599. The fourth-order valence-electron chi connectivity index (χ4n) is 4.88. The fourth-order valence-corrected chi connectivity index (χ4v) is 4.88. The summed E-state index contributed by atoms with van der Waals surface area (Å²) in [5.41, 5.74) is 3.89. The number of benzene rings is 1. The number of rotatable bonds is 4. The van der Waals surface area contributed by atoms with Gasteiger partial charge in [0.25, 0.3) is 5.56 Å². The predicted octanol–water partition coefficient (Wildman–Crippen LogP) is 1.63. The van der Waals surface area contributed by atoms with E-state index in [-0.39, 0.29) is 11.2 Å². The first kappa shape index (κ1) is 21.9. The van der Waals surface area contributed by atoms with E-state index in [1.54, 1.807) is 7.05 Å². The highest BCUT2D eigenvalue weighted by Crippen LogP contribution is 2.33. The maximum absolute atomic E-state index is 13.6. The molecule has 2 aliphatic heterocycles. The highest BCUT2D eigenvalue weighted by atomic mass is 16.5. The second kappa shape index (κ2) is 8.46. The molecular formula is C24H32N6O3. The Morgan fingerprint density at radius 3 is 2.55 bits per heavy atom. The van der Waals surface area contributed by atoms with Crippen LogP contribution in [0.25, 0.3) is 11.2 Å². The summed E-state index contributed by atoms with van der Waals surface area (Å²) in [4.78, 5) is 35.9. The van der Waals surface area contributed by atoms with Gasteiger partial charge in [-0.2, -0.15) is 4.98 Å². The smallest absolute Gasteiger partial charge is 0.332 e. The SMILES string of the molecule is Cc1ccc(N2C[C@H](C)Cn3c2nc2c3c(=O)n(CCN3CCOCC3)c(=O)n2C)cc1C. The van der Waals surface area contributed by atoms with Crippen LogP contribution in [0.15, 0.2) is 27.8 Å². The van der Waals surface area contributed by atoms with E-state index in [4.69, 9.17) is 9.72 Å². The molecule has 5 rings (SSSR count). The third-order valence-corrected chi connectivity index (χ3v) is 6.99. The molecule has 1 fully saturated rings. The van der Waals surface area contributed by atoms with Crippen molar-refractivity contribution >= 4 is 22.8 Å². The molecule has 1 aromatic carbocycles. The van der Waals surface area contributed by atoms with E-state index in [0.717, 1.165) is 31.3 Å². The predicted molar refractivity (Wildman–Crippen MR) is 129 cm³/mol. The fraction of sp³-hybridized carbons (Fsp3) is 0.542. The van der Waals surface area contributed by atoms with Gasteiger partial charge in [-0.15, -0.1) is 0 Å². The van der Waals surface area contributed by atoms with Crippen molar-refractivity contribution in [1.29, 1.82) is 0 Å². The van der Waals surface area contributed by atoms with Gasteiger partial charge >= 0.3 is 5.69 Å². The summed E-state index contributed by atoms with van der Waals surface area (Å²) in [6.07, 6.45) is 0. The lowest BCUT2D eigenvalue weighted by atomic mass is 10.1. The maximum atomic E-state index is 13.6. The van der Waals surface area contributed by atoms with Crippen LogP contribution in [-0.2, 0) is 24.9 Å². The number of aromatic nitrogens is 4. The van der Waals surface area contributed by atoms with Crippen LogP contribution in [0.5, 0.6) is 0 Å². The van der Waals surface area contributed by atoms with Crippen molar-refractivity contribution in [3.63, 3.8) is 0 Å². The molecule has 0 unspecified atom stereocenters. The average molecular weight is 453 g/mol. The van der Waals surface area contributed by atoms with E-state index < -0.39 is 0 Å². The van der Waals surface area contributed by atoms with Gasteiger partial charge in [-0.3, -0.25) is 18.8 Å². The van der Waals surface area contributed by atoms with E-state index in [1.165, 1.54) is 20.3 Å². The van der Waals surface area contributed by atoms with E-state index >= 15 is 0 Å². The first-order chi connectivity index (χ1) is 15.8. The highest BCUT2D eigenvalue weighted by Gasteiger charge is 2.30. The zero-order valence-electron chi connectivity index (χ0n) is 19.9. The summed E-state index contributed by atoms with van der Waals surface area (Å²) in [5, 5.41) is 0. The van der Waals surface area contributed by atoms with E-state index in [9.17, 15) is 9.59 Å². The summed E-state index contributed by atoms with van der Waals surface area (Å²) in [5.74, 6) is 1.05. The number of morpholine rings is 1.